The Labute approximate surface area is 131 Å². The highest BCUT2D eigenvalue weighted by Crippen LogP contribution is 2.19. The van der Waals surface area contributed by atoms with Gasteiger partial charge in [0.15, 0.2) is 0 Å². The first-order chi connectivity index (χ1) is 10.1. The van der Waals surface area contributed by atoms with Crippen LogP contribution >= 0.6 is 11.6 Å². The molecule has 1 aromatic heterocycles. The zero-order valence-corrected chi connectivity index (χ0v) is 13.3. The quantitative estimate of drug-likeness (QED) is 0.627. The molecule has 108 valence electrons. The Hall–Kier alpha value is -1.98. The van der Waals surface area contributed by atoms with Crippen molar-refractivity contribution in [3.8, 4) is 17.6 Å². The van der Waals surface area contributed by atoms with Crippen LogP contribution in [0.15, 0.2) is 30.6 Å². The number of rotatable bonds is 3. The van der Waals surface area contributed by atoms with Crippen LogP contribution < -0.4 is 4.74 Å². The number of ether oxygens (including phenoxy) is 1. The van der Waals surface area contributed by atoms with Gasteiger partial charge in [-0.25, -0.2) is 0 Å². The van der Waals surface area contributed by atoms with Crippen LogP contribution in [-0.2, 0) is 6.61 Å². The average molecular weight is 300 g/mol. The Morgan fingerprint density at radius 3 is 2.48 bits per heavy atom. The summed E-state index contributed by atoms with van der Waals surface area (Å²) < 4.78 is 5.85. The topological polar surface area (TPSA) is 22.1 Å². The van der Waals surface area contributed by atoms with Crippen LogP contribution in [0.4, 0.5) is 0 Å². The molecule has 0 aliphatic rings. The summed E-state index contributed by atoms with van der Waals surface area (Å²) in [5.41, 5.74) is 5.80. The monoisotopic (exact) mass is 299 g/mol. The number of aromatic nitrogens is 1. The minimum atomic E-state index is 0.312. The summed E-state index contributed by atoms with van der Waals surface area (Å²) in [7, 11) is 0. The van der Waals surface area contributed by atoms with Gasteiger partial charge in [-0.05, 0) is 43.5 Å². The van der Waals surface area contributed by atoms with E-state index in [1.54, 1.807) is 12.4 Å². The summed E-state index contributed by atoms with van der Waals surface area (Å²) >= 11 is 5.55. The lowest BCUT2D eigenvalue weighted by atomic mass is 10.0. The van der Waals surface area contributed by atoms with Crippen molar-refractivity contribution in [2.24, 2.45) is 0 Å². The Balaban J connectivity index is 2.13. The number of hydrogen-bond donors (Lipinski definition) is 0. The lowest BCUT2D eigenvalue weighted by molar-refractivity contribution is 0.303. The van der Waals surface area contributed by atoms with Crippen LogP contribution in [0.3, 0.4) is 0 Å². The molecule has 0 atom stereocenters. The van der Waals surface area contributed by atoms with Crippen molar-refractivity contribution in [2.75, 3.05) is 5.88 Å². The highest BCUT2D eigenvalue weighted by atomic mass is 35.5. The molecule has 0 unspecified atom stereocenters. The van der Waals surface area contributed by atoms with Crippen LogP contribution in [0.2, 0.25) is 0 Å². The number of halogens is 1. The van der Waals surface area contributed by atoms with E-state index < -0.39 is 0 Å². The third-order valence-electron chi connectivity index (χ3n) is 3.24. The molecule has 1 heterocycles. The minimum Gasteiger partial charge on any atom is -0.487 e. The van der Waals surface area contributed by atoms with Gasteiger partial charge >= 0.3 is 0 Å². The molecule has 0 saturated heterocycles. The maximum atomic E-state index is 5.85. The molecule has 0 saturated carbocycles. The minimum absolute atomic E-state index is 0.312. The second-order valence-corrected chi connectivity index (χ2v) is 5.28. The van der Waals surface area contributed by atoms with Gasteiger partial charge in [-0.15, -0.1) is 11.6 Å². The smallest absolute Gasteiger partial charge is 0.139 e. The summed E-state index contributed by atoms with van der Waals surface area (Å²) in [5.74, 6) is 6.78. The summed E-state index contributed by atoms with van der Waals surface area (Å²) in [6.07, 6.45) is 3.40. The van der Waals surface area contributed by atoms with Gasteiger partial charge in [0, 0.05) is 11.8 Å². The van der Waals surface area contributed by atoms with Crippen molar-refractivity contribution in [3.05, 3.63) is 58.4 Å². The van der Waals surface area contributed by atoms with Gasteiger partial charge in [0.25, 0.3) is 0 Å². The molecule has 2 rings (SSSR count). The standard InChI is InChI=1S/C18H18ClNO/c1-13-7-14(2)18(15(3)8-13)12-21-17-9-16(5-4-6-19)10-20-11-17/h7-11H,6,12H2,1-3H3. The van der Waals surface area contributed by atoms with Gasteiger partial charge < -0.3 is 4.74 Å². The van der Waals surface area contributed by atoms with Crippen LogP contribution in [-0.4, -0.2) is 10.9 Å². The second-order valence-electron chi connectivity index (χ2n) is 5.01. The molecular weight excluding hydrogens is 282 g/mol. The van der Waals surface area contributed by atoms with Crippen molar-refractivity contribution in [3.63, 3.8) is 0 Å². The largest absolute Gasteiger partial charge is 0.487 e. The third-order valence-corrected chi connectivity index (χ3v) is 3.37. The molecule has 0 aliphatic heterocycles. The number of alkyl halides is 1. The normalized spacial score (nSPS) is 9.90. The molecule has 0 bridgehead atoms. The first-order valence-electron chi connectivity index (χ1n) is 6.79. The highest BCUT2D eigenvalue weighted by molar-refractivity contribution is 6.19. The van der Waals surface area contributed by atoms with E-state index in [9.17, 15) is 0 Å². The molecule has 0 spiro atoms. The molecular formula is C18H18ClNO. The number of nitrogens with zero attached hydrogens (tertiary/aromatic N) is 1. The SMILES string of the molecule is Cc1cc(C)c(COc2cncc(C#CCCl)c2)c(C)c1. The van der Waals surface area contributed by atoms with E-state index in [0.717, 1.165) is 11.3 Å². The van der Waals surface area contributed by atoms with Crippen LogP contribution in [0.1, 0.15) is 27.8 Å². The number of hydrogen-bond acceptors (Lipinski definition) is 2. The number of benzene rings is 1. The Kier molecular flexibility index (Phi) is 5.25. The van der Waals surface area contributed by atoms with Crippen LogP contribution in [0.25, 0.3) is 0 Å². The van der Waals surface area contributed by atoms with Crippen molar-refractivity contribution >= 4 is 11.6 Å². The molecule has 1 aromatic carbocycles. The van der Waals surface area contributed by atoms with E-state index in [1.165, 1.54) is 22.3 Å². The van der Waals surface area contributed by atoms with E-state index >= 15 is 0 Å². The van der Waals surface area contributed by atoms with Gasteiger partial charge in [-0.1, -0.05) is 29.5 Å². The molecule has 0 aliphatic carbocycles. The Morgan fingerprint density at radius 1 is 1.10 bits per heavy atom. The van der Waals surface area contributed by atoms with E-state index in [4.69, 9.17) is 16.3 Å². The van der Waals surface area contributed by atoms with Gasteiger partial charge in [-0.2, -0.15) is 0 Å². The second kappa shape index (κ2) is 7.15. The number of pyridine rings is 1. The third kappa shape index (κ3) is 4.24. The highest BCUT2D eigenvalue weighted by Gasteiger charge is 2.05. The van der Waals surface area contributed by atoms with Gasteiger partial charge in [0.2, 0.25) is 0 Å². The van der Waals surface area contributed by atoms with Crippen LogP contribution in [0.5, 0.6) is 5.75 Å². The fourth-order valence-corrected chi connectivity index (χ4v) is 2.36. The molecule has 0 N–H and O–H groups in total. The van der Waals surface area contributed by atoms with Gasteiger partial charge in [-0.3, -0.25) is 4.98 Å². The van der Waals surface area contributed by atoms with Crippen molar-refractivity contribution in [2.45, 2.75) is 27.4 Å². The predicted molar refractivity (Wildman–Crippen MR) is 86.8 cm³/mol. The fourth-order valence-electron chi connectivity index (χ4n) is 2.29. The zero-order chi connectivity index (χ0) is 15.2. The summed E-state index contributed by atoms with van der Waals surface area (Å²) in [6, 6.07) is 6.23. The van der Waals surface area contributed by atoms with E-state index in [2.05, 4.69) is 49.7 Å². The van der Waals surface area contributed by atoms with E-state index in [-0.39, 0.29) is 0 Å². The Bertz CT molecular complexity index is 675. The first-order valence-corrected chi connectivity index (χ1v) is 7.33. The van der Waals surface area contributed by atoms with Crippen molar-refractivity contribution < 1.29 is 4.74 Å². The summed E-state index contributed by atoms with van der Waals surface area (Å²) in [6.45, 7) is 6.86. The van der Waals surface area contributed by atoms with Crippen molar-refractivity contribution in [1.29, 1.82) is 0 Å². The summed E-state index contributed by atoms with van der Waals surface area (Å²) in [5, 5.41) is 0. The van der Waals surface area contributed by atoms with E-state index in [1.807, 2.05) is 6.07 Å². The number of aryl methyl sites for hydroxylation is 3. The molecule has 0 amide bonds. The van der Waals surface area contributed by atoms with Gasteiger partial charge in [0.1, 0.15) is 12.4 Å². The molecule has 2 nitrogen and oxygen atoms in total. The predicted octanol–water partition coefficient (Wildman–Crippen LogP) is 4.18. The zero-order valence-electron chi connectivity index (χ0n) is 12.5. The molecule has 0 radical (unpaired) electrons. The lowest BCUT2D eigenvalue weighted by Gasteiger charge is -2.12. The van der Waals surface area contributed by atoms with Crippen LogP contribution in [0, 0.1) is 32.6 Å². The van der Waals surface area contributed by atoms with Gasteiger partial charge in [0.05, 0.1) is 12.1 Å². The van der Waals surface area contributed by atoms with Crippen molar-refractivity contribution in [1.82, 2.24) is 4.98 Å². The van der Waals surface area contributed by atoms with E-state index in [0.29, 0.717) is 12.5 Å². The molecule has 0 fully saturated rings. The molecule has 21 heavy (non-hydrogen) atoms. The Morgan fingerprint density at radius 2 is 1.81 bits per heavy atom. The average Bonchev–Trinajstić information content (AvgIpc) is 2.44. The molecule has 2 aromatic rings. The maximum absolute atomic E-state index is 5.85. The lowest BCUT2D eigenvalue weighted by Crippen LogP contribution is -2.01. The first kappa shape index (κ1) is 15.4. The maximum Gasteiger partial charge on any atom is 0.139 e. The molecule has 3 heteroatoms. The summed E-state index contributed by atoms with van der Waals surface area (Å²) in [4.78, 5) is 4.14. The fraction of sp³-hybridized carbons (Fsp3) is 0.278.